The molecule has 154 valence electrons. The maximum absolute atomic E-state index is 12.5. The van der Waals surface area contributed by atoms with Crippen molar-refractivity contribution in [1.29, 1.82) is 0 Å². The summed E-state index contributed by atoms with van der Waals surface area (Å²) in [6.45, 7) is 0.113. The fraction of sp³-hybridized carbons (Fsp3) is 0.294. The zero-order chi connectivity index (χ0) is 21.5. The molecule has 0 saturated heterocycles. The highest BCUT2D eigenvalue weighted by Crippen LogP contribution is 2.23. The van der Waals surface area contributed by atoms with Gasteiger partial charge in [-0.2, -0.15) is 0 Å². The Morgan fingerprint density at radius 2 is 1.83 bits per heavy atom. The fourth-order valence-corrected chi connectivity index (χ4v) is 5.07. The number of hydrogen-bond donors (Lipinski definition) is 1. The lowest BCUT2D eigenvalue weighted by atomic mass is 10.2. The molecule has 0 aliphatic rings. The SMILES string of the molecule is CN(C)S(=O)(=O)c1ccc(CNC(=O)c2ccc3c(=O)n(C)c(=O)n(C)c3n2)s1. The van der Waals surface area contributed by atoms with Gasteiger partial charge in [0, 0.05) is 33.1 Å². The van der Waals surface area contributed by atoms with E-state index < -0.39 is 27.2 Å². The number of nitrogens with one attached hydrogen (secondary N) is 1. The molecule has 0 atom stereocenters. The molecule has 0 unspecified atom stereocenters. The van der Waals surface area contributed by atoms with Crippen LogP contribution in [0.1, 0.15) is 15.4 Å². The van der Waals surface area contributed by atoms with Gasteiger partial charge in [-0.3, -0.25) is 18.7 Å². The minimum atomic E-state index is -3.52. The minimum Gasteiger partial charge on any atom is -0.346 e. The van der Waals surface area contributed by atoms with Crippen LogP contribution < -0.4 is 16.6 Å². The van der Waals surface area contributed by atoms with Crippen molar-refractivity contribution in [1.82, 2.24) is 23.7 Å². The lowest BCUT2D eigenvalue weighted by Crippen LogP contribution is -2.37. The van der Waals surface area contributed by atoms with Crippen LogP contribution in [0.4, 0.5) is 0 Å². The number of nitrogens with zero attached hydrogens (tertiary/aromatic N) is 4. The third-order valence-electron chi connectivity index (χ3n) is 4.33. The number of amides is 1. The third-order valence-corrected chi connectivity index (χ3v) is 7.70. The van der Waals surface area contributed by atoms with Crippen molar-refractivity contribution in [2.24, 2.45) is 14.1 Å². The summed E-state index contributed by atoms with van der Waals surface area (Å²) in [5.41, 5.74) is -0.878. The van der Waals surface area contributed by atoms with Crippen molar-refractivity contribution in [2.45, 2.75) is 10.8 Å². The van der Waals surface area contributed by atoms with Gasteiger partial charge in [0.25, 0.3) is 21.5 Å². The Labute approximate surface area is 170 Å². The minimum absolute atomic E-state index is 0.0402. The Balaban J connectivity index is 1.84. The molecule has 0 fully saturated rings. The van der Waals surface area contributed by atoms with Crippen LogP contribution in [0.25, 0.3) is 11.0 Å². The summed E-state index contributed by atoms with van der Waals surface area (Å²) in [5, 5.41) is 2.89. The van der Waals surface area contributed by atoms with Crippen molar-refractivity contribution in [3.05, 3.63) is 55.7 Å². The van der Waals surface area contributed by atoms with Gasteiger partial charge in [0.15, 0.2) is 0 Å². The predicted molar refractivity (Wildman–Crippen MR) is 109 cm³/mol. The van der Waals surface area contributed by atoms with Crippen molar-refractivity contribution in [2.75, 3.05) is 14.1 Å². The maximum atomic E-state index is 12.5. The molecule has 1 N–H and O–H groups in total. The zero-order valence-electron chi connectivity index (χ0n) is 16.2. The van der Waals surface area contributed by atoms with Crippen molar-refractivity contribution < 1.29 is 13.2 Å². The Hall–Kier alpha value is -2.83. The van der Waals surface area contributed by atoms with E-state index in [2.05, 4.69) is 10.3 Å². The second kappa shape index (κ2) is 7.54. The molecule has 0 aliphatic heterocycles. The highest BCUT2D eigenvalue weighted by atomic mass is 32.2. The van der Waals surface area contributed by atoms with Crippen LogP contribution >= 0.6 is 11.3 Å². The summed E-state index contributed by atoms with van der Waals surface area (Å²) in [6, 6.07) is 5.97. The highest BCUT2D eigenvalue weighted by Gasteiger charge is 2.20. The summed E-state index contributed by atoms with van der Waals surface area (Å²) in [7, 11) is 2.21. The van der Waals surface area contributed by atoms with Gasteiger partial charge < -0.3 is 5.32 Å². The Bertz CT molecular complexity index is 1330. The van der Waals surface area contributed by atoms with Crippen LogP contribution in [0.15, 0.2) is 38.1 Å². The van der Waals surface area contributed by atoms with Crippen molar-refractivity contribution >= 4 is 38.3 Å². The predicted octanol–water partition coefficient (Wildman–Crippen LogP) is -0.126. The van der Waals surface area contributed by atoms with Crippen LogP contribution in [-0.2, 0) is 30.7 Å². The maximum Gasteiger partial charge on any atom is 0.332 e. The number of carbonyl (C=O) groups excluding carboxylic acids is 1. The number of pyridine rings is 1. The Kier molecular flexibility index (Phi) is 5.43. The summed E-state index contributed by atoms with van der Waals surface area (Å²) >= 11 is 1.06. The molecule has 0 aliphatic carbocycles. The van der Waals surface area contributed by atoms with E-state index in [1.807, 2.05) is 0 Å². The molecule has 12 heteroatoms. The van der Waals surface area contributed by atoms with Crippen LogP contribution in [0, 0.1) is 0 Å². The van der Waals surface area contributed by atoms with Crippen LogP contribution in [-0.4, -0.2) is 46.8 Å². The average Bonchev–Trinajstić information content (AvgIpc) is 3.18. The Morgan fingerprint density at radius 3 is 2.48 bits per heavy atom. The van der Waals surface area contributed by atoms with E-state index in [9.17, 15) is 22.8 Å². The third kappa shape index (κ3) is 3.73. The van der Waals surface area contributed by atoms with Crippen molar-refractivity contribution in [3.63, 3.8) is 0 Å². The molecule has 3 heterocycles. The molecule has 0 radical (unpaired) electrons. The van der Waals surface area contributed by atoms with E-state index in [0.29, 0.717) is 4.88 Å². The van der Waals surface area contributed by atoms with Gasteiger partial charge in [0.1, 0.15) is 15.6 Å². The largest absolute Gasteiger partial charge is 0.346 e. The van der Waals surface area contributed by atoms with E-state index in [4.69, 9.17) is 0 Å². The van der Waals surface area contributed by atoms with E-state index in [0.717, 1.165) is 20.2 Å². The van der Waals surface area contributed by atoms with Gasteiger partial charge in [-0.15, -0.1) is 11.3 Å². The second-order valence-corrected chi connectivity index (χ2v) is 10.0. The topological polar surface area (TPSA) is 123 Å². The lowest BCUT2D eigenvalue weighted by Gasteiger charge is -2.09. The van der Waals surface area contributed by atoms with Gasteiger partial charge in [-0.1, -0.05) is 0 Å². The first-order valence-corrected chi connectivity index (χ1v) is 10.7. The Morgan fingerprint density at radius 1 is 1.14 bits per heavy atom. The zero-order valence-corrected chi connectivity index (χ0v) is 17.8. The number of fused-ring (bicyclic) bond motifs is 1. The number of hydrogen-bond acceptors (Lipinski definition) is 7. The first-order valence-electron chi connectivity index (χ1n) is 8.40. The van der Waals surface area contributed by atoms with E-state index in [1.165, 1.54) is 51.0 Å². The summed E-state index contributed by atoms with van der Waals surface area (Å²) in [5.74, 6) is -0.509. The average molecular weight is 438 g/mol. The summed E-state index contributed by atoms with van der Waals surface area (Å²) in [4.78, 5) is 41.5. The second-order valence-electron chi connectivity index (χ2n) is 6.46. The highest BCUT2D eigenvalue weighted by molar-refractivity contribution is 7.91. The molecule has 3 rings (SSSR count). The molecule has 10 nitrogen and oxygen atoms in total. The van der Waals surface area contributed by atoms with E-state index in [-0.39, 0.29) is 27.5 Å². The number of carbonyl (C=O) groups is 1. The molecule has 1 amide bonds. The van der Waals surface area contributed by atoms with Gasteiger partial charge in [-0.05, 0) is 24.3 Å². The van der Waals surface area contributed by atoms with Crippen LogP contribution in [0.5, 0.6) is 0 Å². The number of sulfonamides is 1. The standard InChI is InChI=1S/C17H19N5O5S2/c1-20(2)29(26,27)13-8-5-10(28-13)9-18-15(23)12-7-6-11-14(19-12)21(3)17(25)22(4)16(11)24/h5-8H,9H2,1-4H3,(H,18,23). The first kappa shape index (κ1) is 20.9. The quantitative estimate of drug-likeness (QED) is 0.593. The molecule has 0 saturated carbocycles. The number of aromatic nitrogens is 3. The summed E-state index contributed by atoms with van der Waals surface area (Å²) < 4.78 is 27.7. The molecule has 3 aromatic rings. The molecule has 3 aromatic heterocycles. The smallest absolute Gasteiger partial charge is 0.332 e. The summed E-state index contributed by atoms with van der Waals surface area (Å²) in [6.07, 6.45) is 0. The normalized spacial score (nSPS) is 11.9. The lowest BCUT2D eigenvalue weighted by molar-refractivity contribution is 0.0946. The number of thiophene rings is 1. The molecular formula is C17H19N5O5S2. The van der Waals surface area contributed by atoms with Gasteiger partial charge in [0.2, 0.25) is 0 Å². The van der Waals surface area contributed by atoms with Crippen LogP contribution in [0.3, 0.4) is 0 Å². The monoisotopic (exact) mass is 437 g/mol. The first-order chi connectivity index (χ1) is 13.5. The van der Waals surface area contributed by atoms with Gasteiger partial charge in [0.05, 0.1) is 11.9 Å². The van der Waals surface area contributed by atoms with Crippen molar-refractivity contribution in [3.8, 4) is 0 Å². The molecule has 0 bridgehead atoms. The fourth-order valence-electron chi connectivity index (χ4n) is 2.61. The number of aryl methyl sites for hydroxylation is 1. The molecule has 0 aromatic carbocycles. The van der Waals surface area contributed by atoms with E-state index >= 15 is 0 Å². The molecular weight excluding hydrogens is 418 g/mol. The van der Waals surface area contributed by atoms with Gasteiger partial charge >= 0.3 is 5.69 Å². The molecule has 29 heavy (non-hydrogen) atoms. The molecule has 0 spiro atoms. The van der Waals surface area contributed by atoms with Crippen LogP contribution in [0.2, 0.25) is 0 Å². The van der Waals surface area contributed by atoms with Gasteiger partial charge in [-0.25, -0.2) is 22.5 Å². The number of rotatable bonds is 5. The van der Waals surface area contributed by atoms with E-state index in [1.54, 1.807) is 6.07 Å².